The Morgan fingerprint density at radius 3 is 2.04 bits per heavy atom. The normalized spacial score (nSPS) is 51.0. The molecule has 4 bridgehead atoms. The van der Waals surface area contributed by atoms with Gasteiger partial charge in [0.25, 0.3) is 11.8 Å². The van der Waals surface area contributed by atoms with Crippen LogP contribution in [-0.4, -0.2) is 45.4 Å². The highest BCUT2D eigenvalue weighted by Gasteiger charge is 2.82. The van der Waals surface area contributed by atoms with Gasteiger partial charge in [0.1, 0.15) is 0 Å². The van der Waals surface area contributed by atoms with Crippen molar-refractivity contribution < 1.29 is 19.2 Å². The average Bonchev–Trinajstić information content (AvgIpc) is 3.32. The second kappa shape index (κ2) is 5.52. The van der Waals surface area contributed by atoms with Crippen LogP contribution in [-0.2, 0) is 19.2 Å². The lowest BCUT2D eigenvalue weighted by atomic mass is 9.65. The molecule has 4 fully saturated rings. The molecule has 0 aromatic rings. The van der Waals surface area contributed by atoms with Gasteiger partial charge in [-0.15, -0.1) is 23.2 Å². The van der Waals surface area contributed by atoms with Crippen LogP contribution in [0.2, 0.25) is 0 Å². The van der Waals surface area contributed by atoms with Crippen LogP contribution in [0, 0.1) is 23.7 Å². The standard InChI is InChI=1S/C17H17Cl4NO4/c1-2-3-4-25-22-14(23)6-7(15(22)24)11-9-8(10(6)26-11)16(20)5-17(9,21)13(19)12(16)18/h6-11H,2-5H2,1H3/t6-,7-,8+,9+,10+,11+,16+,17+/m1/s1. The Bertz CT molecular complexity index is 705. The molecule has 0 aromatic heterocycles. The van der Waals surface area contributed by atoms with Crippen LogP contribution in [0.15, 0.2) is 10.1 Å². The van der Waals surface area contributed by atoms with Crippen molar-refractivity contribution in [2.24, 2.45) is 23.7 Å². The minimum atomic E-state index is -0.935. The smallest absolute Gasteiger partial charge is 0.260 e. The Hall–Kier alpha value is -0.0400. The van der Waals surface area contributed by atoms with Gasteiger partial charge in [-0.1, -0.05) is 36.5 Å². The lowest BCUT2D eigenvalue weighted by Crippen LogP contribution is -2.50. The summed E-state index contributed by atoms with van der Waals surface area (Å²) in [6, 6.07) is 0. The fraction of sp³-hybridized carbons (Fsp3) is 0.765. The summed E-state index contributed by atoms with van der Waals surface area (Å²) < 4.78 is 6.09. The molecular weight excluding hydrogens is 424 g/mol. The van der Waals surface area contributed by atoms with E-state index in [2.05, 4.69) is 0 Å². The predicted octanol–water partition coefficient (Wildman–Crippen LogP) is 3.39. The molecule has 5 aliphatic rings. The third kappa shape index (κ3) is 1.84. The number of ether oxygens (including phenoxy) is 1. The van der Waals surface area contributed by atoms with Crippen LogP contribution < -0.4 is 0 Å². The van der Waals surface area contributed by atoms with E-state index in [4.69, 9.17) is 56.0 Å². The van der Waals surface area contributed by atoms with E-state index in [1.807, 2.05) is 6.92 Å². The third-order valence-electron chi connectivity index (χ3n) is 6.69. The first-order chi connectivity index (χ1) is 12.3. The summed E-state index contributed by atoms with van der Waals surface area (Å²) in [5.41, 5.74) is 0. The summed E-state index contributed by atoms with van der Waals surface area (Å²) in [5.74, 6) is -2.35. The number of carbonyl (C=O) groups is 2. The van der Waals surface area contributed by atoms with Crippen molar-refractivity contribution in [3.63, 3.8) is 0 Å². The van der Waals surface area contributed by atoms with Crippen molar-refractivity contribution in [3.8, 4) is 0 Å². The average molecular weight is 441 g/mol. The molecule has 9 heteroatoms. The summed E-state index contributed by atoms with van der Waals surface area (Å²) >= 11 is 26.5. The van der Waals surface area contributed by atoms with Gasteiger partial charge in [0, 0.05) is 11.8 Å². The van der Waals surface area contributed by atoms with Gasteiger partial charge in [0.2, 0.25) is 0 Å². The number of halogens is 4. The first-order valence-electron chi connectivity index (χ1n) is 8.87. The topological polar surface area (TPSA) is 55.8 Å². The molecule has 3 saturated heterocycles. The number of imide groups is 1. The SMILES string of the molecule is CCCCON1C(=O)[C@H]2[C@@H]3O[C@@H]([C@@H]2C1=O)[C@@H]1[C@@H]3[C@@]2(Cl)C[C@@]1(Cl)C(Cl)=C2Cl. The molecule has 0 N–H and O–H groups in total. The van der Waals surface area contributed by atoms with Crippen molar-refractivity contribution in [2.75, 3.05) is 6.61 Å². The van der Waals surface area contributed by atoms with E-state index in [1.54, 1.807) is 0 Å². The molecule has 0 unspecified atom stereocenters. The van der Waals surface area contributed by atoms with Gasteiger partial charge in [0.05, 0.1) is 50.5 Å². The van der Waals surface area contributed by atoms with Crippen molar-refractivity contribution in [2.45, 2.75) is 48.1 Å². The fourth-order valence-corrected chi connectivity index (χ4v) is 7.71. The largest absolute Gasteiger partial charge is 0.373 e. The summed E-state index contributed by atoms with van der Waals surface area (Å²) in [6.45, 7) is 2.34. The second-order valence-electron chi connectivity index (χ2n) is 7.86. The molecule has 0 radical (unpaired) electrons. The van der Waals surface area contributed by atoms with Crippen molar-refractivity contribution >= 4 is 58.2 Å². The highest BCUT2D eigenvalue weighted by atomic mass is 35.5. The first-order valence-corrected chi connectivity index (χ1v) is 10.4. The highest BCUT2D eigenvalue weighted by molar-refractivity contribution is 6.51. The van der Waals surface area contributed by atoms with E-state index in [9.17, 15) is 9.59 Å². The van der Waals surface area contributed by atoms with Gasteiger partial charge >= 0.3 is 0 Å². The second-order valence-corrected chi connectivity index (χ2v) is 9.96. The lowest BCUT2D eigenvalue weighted by Gasteiger charge is -2.40. The number of allylic oxidation sites excluding steroid dienone is 2. The molecule has 0 spiro atoms. The number of hydrogen-bond donors (Lipinski definition) is 0. The van der Waals surface area contributed by atoms with Gasteiger partial charge in [-0.25, -0.2) is 0 Å². The van der Waals surface area contributed by atoms with Crippen LogP contribution >= 0.6 is 46.4 Å². The zero-order valence-electron chi connectivity index (χ0n) is 13.9. The van der Waals surface area contributed by atoms with Gasteiger partial charge in [-0.05, 0) is 12.8 Å². The van der Waals surface area contributed by atoms with Gasteiger partial charge in [-0.2, -0.15) is 5.06 Å². The lowest BCUT2D eigenvalue weighted by molar-refractivity contribution is -0.192. The third-order valence-corrected chi connectivity index (χ3v) is 9.18. The Morgan fingerprint density at radius 1 is 1.08 bits per heavy atom. The van der Waals surface area contributed by atoms with E-state index in [-0.39, 0.29) is 23.7 Å². The van der Waals surface area contributed by atoms with Crippen molar-refractivity contribution in [3.05, 3.63) is 10.1 Å². The van der Waals surface area contributed by atoms with Gasteiger partial charge in [0.15, 0.2) is 0 Å². The molecule has 142 valence electrons. The van der Waals surface area contributed by atoms with Crippen molar-refractivity contribution in [1.29, 1.82) is 0 Å². The first kappa shape index (κ1) is 18.0. The van der Waals surface area contributed by atoms with Gasteiger partial charge in [-0.3, -0.25) is 14.4 Å². The fourth-order valence-electron chi connectivity index (χ4n) is 5.69. The number of rotatable bonds is 4. The van der Waals surface area contributed by atoms with Crippen molar-refractivity contribution in [1.82, 2.24) is 5.06 Å². The molecule has 1 saturated carbocycles. The Labute approximate surface area is 170 Å². The quantitative estimate of drug-likeness (QED) is 0.382. The maximum atomic E-state index is 12.9. The molecule has 2 amide bonds. The van der Waals surface area contributed by atoms with E-state index in [1.165, 1.54) is 0 Å². The Kier molecular flexibility index (Phi) is 3.82. The monoisotopic (exact) mass is 439 g/mol. The minimum absolute atomic E-state index is 0.241. The summed E-state index contributed by atoms with van der Waals surface area (Å²) in [6.07, 6.45) is 1.08. The summed E-state index contributed by atoms with van der Waals surface area (Å²) in [7, 11) is 0. The number of fused-ring (bicyclic) bond motifs is 12. The highest BCUT2D eigenvalue weighted by Crippen LogP contribution is 2.75. The Morgan fingerprint density at radius 2 is 1.58 bits per heavy atom. The van der Waals surface area contributed by atoms with Crippen LogP contribution in [0.5, 0.6) is 0 Å². The number of hydrogen-bond acceptors (Lipinski definition) is 4. The van der Waals surface area contributed by atoms with E-state index >= 15 is 0 Å². The molecule has 8 atom stereocenters. The van der Waals surface area contributed by atoms with E-state index in [0.717, 1.165) is 17.9 Å². The zero-order valence-corrected chi connectivity index (χ0v) is 16.9. The molecule has 26 heavy (non-hydrogen) atoms. The number of carbonyl (C=O) groups excluding carboxylic acids is 2. The van der Waals surface area contributed by atoms with Crippen LogP contribution in [0.1, 0.15) is 26.2 Å². The van der Waals surface area contributed by atoms with Crippen LogP contribution in [0.4, 0.5) is 0 Å². The molecule has 3 heterocycles. The number of unbranched alkanes of at least 4 members (excludes halogenated alkanes) is 1. The van der Waals surface area contributed by atoms with E-state index in [0.29, 0.717) is 23.1 Å². The van der Waals surface area contributed by atoms with Gasteiger partial charge < -0.3 is 4.74 Å². The Balaban J connectivity index is 1.50. The number of alkyl halides is 2. The number of amides is 2. The number of hydroxylamine groups is 2. The summed E-state index contributed by atoms with van der Waals surface area (Å²) in [5, 5.41) is 1.62. The molecule has 0 aromatic carbocycles. The predicted molar refractivity (Wildman–Crippen MR) is 95.9 cm³/mol. The zero-order chi connectivity index (χ0) is 18.6. The molecule has 2 aliphatic carbocycles. The molecule has 5 rings (SSSR count). The molecule has 5 nitrogen and oxygen atoms in total. The van der Waals surface area contributed by atoms with Crippen LogP contribution in [0.25, 0.3) is 0 Å². The molecular formula is C17H17Cl4NO4. The maximum Gasteiger partial charge on any atom is 0.260 e. The van der Waals surface area contributed by atoms with E-state index < -0.39 is 33.8 Å². The number of nitrogens with zero attached hydrogens (tertiary/aromatic N) is 1. The molecule has 3 aliphatic heterocycles. The summed E-state index contributed by atoms with van der Waals surface area (Å²) in [4.78, 5) is 29.3. The minimum Gasteiger partial charge on any atom is -0.373 e. The maximum absolute atomic E-state index is 12.9. The van der Waals surface area contributed by atoms with Crippen LogP contribution in [0.3, 0.4) is 0 Å².